The van der Waals surface area contributed by atoms with Crippen molar-refractivity contribution in [2.75, 3.05) is 0 Å². The van der Waals surface area contributed by atoms with E-state index in [0.29, 0.717) is 31.2 Å². The largest absolute Gasteiger partial charge is 0.323 e. The lowest BCUT2D eigenvalue weighted by Gasteiger charge is -2.33. The summed E-state index contributed by atoms with van der Waals surface area (Å²) in [6, 6.07) is 11.0. The highest BCUT2D eigenvalue weighted by molar-refractivity contribution is 6.07. The quantitative estimate of drug-likeness (QED) is 0.443. The molecule has 1 spiro atoms. The Kier molecular flexibility index (Phi) is 5.26. The third-order valence-electron chi connectivity index (χ3n) is 6.21. The van der Waals surface area contributed by atoms with E-state index in [4.69, 9.17) is 0 Å². The van der Waals surface area contributed by atoms with Crippen molar-refractivity contribution in [3.63, 3.8) is 0 Å². The Morgan fingerprint density at radius 1 is 1.06 bits per heavy atom. The topological polar surface area (TPSA) is 121 Å². The minimum Gasteiger partial charge on any atom is -0.323 e. The second-order valence-corrected chi connectivity index (χ2v) is 8.16. The molecule has 0 unspecified atom stereocenters. The predicted molar refractivity (Wildman–Crippen MR) is 112 cm³/mol. The van der Waals surface area contributed by atoms with Crippen LogP contribution in [0.25, 0.3) is 5.69 Å². The number of carbonyl (C=O) groups excluding carboxylic acids is 4. The number of carbonyl (C=O) groups is 4. The van der Waals surface area contributed by atoms with Gasteiger partial charge < -0.3 is 9.88 Å². The molecular weight excluding hydrogens is 398 g/mol. The van der Waals surface area contributed by atoms with E-state index in [9.17, 15) is 19.2 Å². The molecule has 4 rings (SSSR count). The van der Waals surface area contributed by atoms with E-state index in [1.807, 2.05) is 48.7 Å². The van der Waals surface area contributed by atoms with Crippen LogP contribution in [0.2, 0.25) is 0 Å². The molecule has 2 heterocycles. The van der Waals surface area contributed by atoms with E-state index in [1.54, 1.807) is 6.07 Å². The lowest BCUT2D eigenvalue weighted by molar-refractivity contribution is -0.130. The van der Waals surface area contributed by atoms with Crippen LogP contribution < -0.4 is 21.5 Å². The third kappa shape index (κ3) is 3.78. The van der Waals surface area contributed by atoms with Gasteiger partial charge in [0.05, 0.1) is 5.56 Å². The van der Waals surface area contributed by atoms with Crippen molar-refractivity contribution in [2.24, 2.45) is 5.92 Å². The maximum absolute atomic E-state index is 12.7. The molecule has 1 aliphatic carbocycles. The van der Waals surface area contributed by atoms with Crippen LogP contribution in [-0.4, -0.2) is 33.9 Å². The molecular formula is C22H25N5O4. The lowest BCUT2D eigenvalue weighted by atomic mass is 9.76. The van der Waals surface area contributed by atoms with E-state index < -0.39 is 17.5 Å². The number of hydrogen-bond donors (Lipinski definition) is 4. The van der Waals surface area contributed by atoms with Gasteiger partial charge in [-0.1, -0.05) is 18.2 Å². The highest BCUT2D eigenvalue weighted by Crippen LogP contribution is 2.34. The Morgan fingerprint density at radius 2 is 1.74 bits per heavy atom. The number of urea groups is 1. The average Bonchev–Trinajstić information content (AvgIpc) is 3.21. The second kappa shape index (κ2) is 7.90. The Morgan fingerprint density at radius 3 is 2.35 bits per heavy atom. The number of benzene rings is 1. The SMILES string of the molecule is Cc1cc(C(=O)NNC(=O)C2CCC3(CC2)NC(=O)NC3=O)c(C)n1-c1ccccc1. The second-order valence-electron chi connectivity index (χ2n) is 8.16. The summed E-state index contributed by atoms with van der Waals surface area (Å²) in [6.07, 6.45) is 1.65. The highest BCUT2D eigenvalue weighted by Gasteiger charge is 2.48. The van der Waals surface area contributed by atoms with Gasteiger partial charge in [0.15, 0.2) is 0 Å². The summed E-state index contributed by atoms with van der Waals surface area (Å²) < 4.78 is 1.98. The first-order valence-corrected chi connectivity index (χ1v) is 10.3. The zero-order chi connectivity index (χ0) is 22.2. The highest BCUT2D eigenvalue weighted by atomic mass is 16.2. The molecule has 31 heavy (non-hydrogen) atoms. The number of hydrazine groups is 1. The number of amides is 5. The number of rotatable bonds is 3. The normalized spacial score (nSPS) is 22.7. The van der Waals surface area contributed by atoms with Crippen molar-refractivity contribution in [3.8, 4) is 5.69 Å². The van der Waals surface area contributed by atoms with Crippen LogP contribution in [0.4, 0.5) is 4.79 Å². The standard InChI is InChI=1S/C22H25N5O4/c1-13-12-17(14(2)27(13)16-6-4-3-5-7-16)19(29)26-25-18(28)15-8-10-22(11-9-15)20(30)23-21(31)24-22/h3-7,12,15H,8-11H2,1-2H3,(H,25,28)(H,26,29)(H2,23,24,30,31). The lowest BCUT2D eigenvalue weighted by Crippen LogP contribution is -2.52. The molecule has 5 amide bonds. The van der Waals surface area contributed by atoms with E-state index in [0.717, 1.165) is 17.1 Å². The first kappa shape index (κ1) is 20.6. The number of imide groups is 1. The number of nitrogens with zero attached hydrogens (tertiary/aromatic N) is 1. The first-order chi connectivity index (χ1) is 14.8. The van der Waals surface area contributed by atoms with Crippen LogP contribution in [0.5, 0.6) is 0 Å². The summed E-state index contributed by atoms with van der Waals surface area (Å²) in [7, 11) is 0. The number of nitrogens with one attached hydrogen (secondary N) is 4. The fourth-order valence-corrected chi connectivity index (χ4v) is 4.51. The third-order valence-corrected chi connectivity index (χ3v) is 6.21. The van der Waals surface area contributed by atoms with Gasteiger partial charge in [-0.05, 0) is 57.7 Å². The van der Waals surface area contributed by atoms with Gasteiger partial charge in [0.25, 0.3) is 11.8 Å². The maximum atomic E-state index is 12.7. The van der Waals surface area contributed by atoms with Crippen LogP contribution in [0.15, 0.2) is 36.4 Å². The van der Waals surface area contributed by atoms with Crippen LogP contribution in [0, 0.1) is 19.8 Å². The van der Waals surface area contributed by atoms with Gasteiger partial charge in [-0.2, -0.15) is 0 Å². The smallest absolute Gasteiger partial charge is 0.322 e. The van der Waals surface area contributed by atoms with Gasteiger partial charge in [0.1, 0.15) is 5.54 Å². The molecule has 0 radical (unpaired) electrons. The van der Waals surface area contributed by atoms with Gasteiger partial charge in [-0.15, -0.1) is 0 Å². The molecule has 1 aromatic carbocycles. The number of hydrogen-bond acceptors (Lipinski definition) is 4. The van der Waals surface area contributed by atoms with Crippen LogP contribution in [0.3, 0.4) is 0 Å². The molecule has 1 aromatic heterocycles. The van der Waals surface area contributed by atoms with Crippen molar-refractivity contribution in [3.05, 3.63) is 53.3 Å². The van der Waals surface area contributed by atoms with Crippen molar-refractivity contribution >= 4 is 23.8 Å². The average molecular weight is 423 g/mol. The molecule has 2 fully saturated rings. The predicted octanol–water partition coefficient (Wildman–Crippen LogP) is 1.62. The minimum atomic E-state index is -0.911. The summed E-state index contributed by atoms with van der Waals surface area (Å²) in [5.74, 6) is -1.37. The zero-order valence-corrected chi connectivity index (χ0v) is 17.5. The molecule has 0 atom stereocenters. The molecule has 1 aliphatic heterocycles. The van der Waals surface area contributed by atoms with Crippen molar-refractivity contribution in [2.45, 2.75) is 45.1 Å². The molecule has 1 saturated carbocycles. The maximum Gasteiger partial charge on any atom is 0.322 e. The Balaban J connectivity index is 1.36. The monoisotopic (exact) mass is 423 g/mol. The minimum absolute atomic E-state index is 0.301. The van der Waals surface area contributed by atoms with Crippen LogP contribution in [0.1, 0.15) is 47.4 Å². The molecule has 1 saturated heterocycles. The van der Waals surface area contributed by atoms with Crippen LogP contribution in [-0.2, 0) is 9.59 Å². The summed E-state index contributed by atoms with van der Waals surface area (Å²) >= 11 is 0. The van der Waals surface area contributed by atoms with E-state index in [-0.39, 0.29) is 17.7 Å². The van der Waals surface area contributed by atoms with Gasteiger partial charge in [-0.3, -0.25) is 30.6 Å². The molecule has 4 N–H and O–H groups in total. The Bertz CT molecular complexity index is 1050. The van der Waals surface area contributed by atoms with E-state index >= 15 is 0 Å². The first-order valence-electron chi connectivity index (χ1n) is 10.3. The molecule has 162 valence electrons. The van der Waals surface area contributed by atoms with Gasteiger partial charge in [0.2, 0.25) is 5.91 Å². The molecule has 9 heteroatoms. The fraction of sp³-hybridized carbons (Fsp3) is 0.364. The molecule has 2 aliphatic rings. The van der Waals surface area contributed by atoms with Crippen molar-refractivity contribution in [1.82, 2.24) is 26.1 Å². The summed E-state index contributed by atoms with van der Waals surface area (Å²) in [6.45, 7) is 3.78. The molecule has 2 aromatic rings. The number of para-hydroxylation sites is 1. The summed E-state index contributed by atoms with van der Waals surface area (Å²) in [5.41, 5.74) is 7.23. The summed E-state index contributed by atoms with van der Waals surface area (Å²) in [4.78, 5) is 48.7. The van der Waals surface area contributed by atoms with Crippen molar-refractivity contribution < 1.29 is 19.2 Å². The zero-order valence-electron chi connectivity index (χ0n) is 17.5. The van der Waals surface area contributed by atoms with E-state index in [1.165, 1.54) is 0 Å². The fourth-order valence-electron chi connectivity index (χ4n) is 4.51. The van der Waals surface area contributed by atoms with Crippen molar-refractivity contribution in [1.29, 1.82) is 0 Å². The van der Waals surface area contributed by atoms with Gasteiger partial charge in [0, 0.05) is 23.0 Å². The number of aryl methyl sites for hydroxylation is 1. The van der Waals surface area contributed by atoms with E-state index in [2.05, 4.69) is 21.5 Å². The van der Waals surface area contributed by atoms with Gasteiger partial charge in [-0.25, -0.2) is 4.79 Å². The molecule has 9 nitrogen and oxygen atoms in total. The van der Waals surface area contributed by atoms with Crippen LogP contribution >= 0.6 is 0 Å². The molecule has 0 bridgehead atoms. The number of aromatic nitrogens is 1. The Labute approximate surface area is 179 Å². The van der Waals surface area contributed by atoms with Gasteiger partial charge >= 0.3 is 6.03 Å². The summed E-state index contributed by atoms with van der Waals surface area (Å²) in [5, 5.41) is 4.93. The Hall–Kier alpha value is -3.62.